The van der Waals surface area contributed by atoms with E-state index >= 15 is 0 Å². The second-order valence-electron chi connectivity index (χ2n) is 4.34. The highest BCUT2D eigenvalue weighted by molar-refractivity contribution is 5.42. The van der Waals surface area contributed by atoms with Crippen LogP contribution >= 0.6 is 0 Å². The predicted octanol–water partition coefficient (Wildman–Crippen LogP) is 2.66. The van der Waals surface area contributed by atoms with Gasteiger partial charge in [-0.2, -0.15) is 8.78 Å². The van der Waals surface area contributed by atoms with Crippen LogP contribution in [0.1, 0.15) is 24.0 Å². The van der Waals surface area contributed by atoms with Crippen molar-refractivity contribution in [1.29, 1.82) is 0 Å². The van der Waals surface area contributed by atoms with Gasteiger partial charge in [-0.3, -0.25) is 0 Å². The standard InChI is InChI=1S/C12H14F2O2/c1-8-3-2-4-9(7-12(15)5-6-12)10(8)16-11(13)14/h2-4,11,15H,5-7H2,1H3. The molecule has 1 aliphatic carbocycles. The van der Waals surface area contributed by atoms with Gasteiger partial charge in [-0.1, -0.05) is 18.2 Å². The summed E-state index contributed by atoms with van der Waals surface area (Å²) in [4.78, 5) is 0. The number of ether oxygens (including phenoxy) is 1. The van der Waals surface area contributed by atoms with E-state index in [2.05, 4.69) is 4.74 Å². The molecule has 1 fully saturated rings. The van der Waals surface area contributed by atoms with E-state index < -0.39 is 12.2 Å². The molecule has 4 heteroatoms. The summed E-state index contributed by atoms with van der Waals surface area (Å²) in [7, 11) is 0. The number of hydrogen-bond acceptors (Lipinski definition) is 2. The van der Waals surface area contributed by atoms with Crippen molar-refractivity contribution >= 4 is 0 Å². The van der Waals surface area contributed by atoms with E-state index in [1.54, 1.807) is 25.1 Å². The number of aryl methyl sites for hydroxylation is 1. The Hall–Kier alpha value is -1.16. The fourth-order valence-electron chi connectivity index (χ4n) is 1.79. The van der Waals surface area contributed by atoms with Crippen LogP contribution in [0.2, 0.25) is 0 Å². The molecule has 0 atom stereocenters. The maximum atomic E-state index is 12.2. The number of alkyl halides is 2. The van der Waals surface area contributed by atoms with Gasteiger partial charge in [0.2, 0.25) is 0 Å². The Labute approximate surface area is 92.9 Å². The van der Waals surface area contributed by atoms with Crippen LogP contribution in [-0.2, 0) is 6.42 Å². The van der Waals surface area contributed by atoms with Crippen molar-refractivity contribution in [3.05, 3.63) is 29.3 Å². The maximum absolute atomic E-state index is 12.2. The third-order valence-corrected chi connectivity index (χ3v) is 2.85. The average molecular weight is 228 g/mol. The van der Waals surface area contributed by atoms with Gasteiger partial charge < -0.3 is 9.84 Å². The van der Waals surface area contributed by atoms with Crippen LogP contribution in [-0.4, -0.2) is 17.3 Å². The molecule has 0 amide bonds. The summed E-state index contributed by atoms with van der Waals surface area (Å²) in [5.41, 5.74) is 0.621. The molecule has 0 saturated heterocycles. The van der Waals surface area contributed by atoms with E-state index in [0.717, 1.165) is 12.8 Å². The lowest BCUT2D eigenvalue weighted by atomic mass is 10.0. The molecule has 2 rings (SSSR count). The second kappa shape index (κ2) is 4.01. The topological polar surface area (TPSA) is 29.5 Å². The molecule has 0 aliphatic heterocycles. The smallest absolute Gasteiger partial charge is 0.387 e. The quantitative estimate of drug-likeness (QED) is 0.858. The Bertz CT molecular complexity index is 387. The van der Waals surface area contributed by atoms with Crippen molar-refractivity contribution in [2.75, 3.05) is 0 Å². The van der Waals surface area contributed by atoms with Gasteiger partial charge in [-0.05, 0) is 30.9 Å². The zero-order valence-corrected chi connectivity index (χ0v) is 9.04. The summed E-state index contributed by atoms with van der Waals surface area (Å²) in [5, 5.41) is 9.79. The van der Waals surface area contributed by atoms with Gasteiger partial charge in [-0.15, -0.1) is 0 Å². The molecule has 1 aromatic carbocycles. The second-order valence-corrected chi connectivity index (χ2v) is 4.34. The third kappa shape index (κ3) is 2.50. The summed E-state index contributed by atoms with van der Waals surface area (Å²) in [6.45, 7) is -1.10. The van der Waals surface area contributed by atoms with E-state index in [0.29, 0.717) is 17.5 Å². The Balaban J connectivity index is 2.24. The lowest BCUT2D eigenvalue weighted by Gasteiger charge is -2.15. The zero-order chi connectivity index (χ0) is 11.8. The van der Waals surface area contributed by atoms with Gasteiger partial charge in [0.05, 0.1) is 5.60 Å². The number of aliphatic hydroxyl groups is 1. The first-order chi connectivity index (χ1) is 7.50. The Kier molecular flexibility index (Phi) is 2.84. The summed E-state index contributed by atoms with van der Waals surface area (Å²) < 4.78 is 29.0. The van der Waals surface area contributed by atoms with Gasteiger partial charge in [0, 0.05) is 6.42 Å². The third-order valence-electron chi connectivity index (χ3n) is 2.85. The Morgan fingerprint density at radius 1 is 1.44 bits per heavy atom. The molecule has 88 valence electrons. The van der Waals surface area contributed by atoms with E-state index in [9.17, 15) is 13.9 Å². The first-order valence-electron chi connectivity index (χ1n) is 5.26. The van der Waals surface area contributed by atoms with Gasteiger partial charge >= 0.3 is 6.61 Å². The normalized spacial score (nSPS) is 17.6. The van der Waals surface area contributed by atoms with Crippen LogP contribution in [0.15, 0.2) is 18.2 Å². The molecule has 1 saturated carbocycles. The van der Waals surface area contributed by atoms with Gasteiger partial charge in [0.1, 0.15) is 5.75 Å². The molecule has 1 N–H and O–H groups in total. The minimum absolute atomic E-state index is 0.206. The number of halogens is 2. The highest BCUT2D eigenvalue weighted by Gasteiger charge is 2.41. The van der Waals surface area contributed by atoms with Crippen molar-refractivity contribution in [3.8, 4) is 5.75 Å². The fourth-order valence-corrected chi connectivity index (χ4v) is 1.79. The number of benzene rings is 1. The molecular formula is C12H14F2O2. The molecule has 0 unspecified atom stereocenters. The van der Waals surface area contributed by atoms with E-state index in [-0.39, 0.29) is 5.75 Å². The Morgan fingerprint density at radius 2 is 2.12 bits per heavy atom. The maximum Gasteiger partial charge on any atom is 0.387 e. The largest absolute Gasteiger partial charge is 0.434 e. The highest BCUT2D eigenvalue weighted by Crippen LogP contribution is 2.40. The van der Waals surface area contributed by atoms with Crippen molar-refractivity contribution in [3.63, 3.8) is 0 Å². The molecule has 2 nitrogen and oxygen atoms in total. The molecule has 1 aliphatic rings. The molecule has 16 heavy (non-hydrogen) atoms. The molecule has 0 aromatic heterocycles. The molecular weight excluding hydrogens is 214 g/mol. The predicted molar refractivity (Wildman–Crippen MR) is 55.7 cm³/mol. The van der Waals surface area contributed by atoms with Crippen LogP contribution < -0.4 is 4.74 Å². The van der Waals surface area contributed by atoms with Crippen LogP contribution in [0.25, 0.3) is 0 Å². The molecule has 0 bridgehead atoms. The zero-order valence-electron chi connectivity index (χ0n) is 9.04. The van der Waals surface area contributed by atoms with Gasteiger partial charge in [-0.25, -0.2) is 0 Å². The molecule has 1 aromatic rings. The first kappa shape index (κ1) is 11.3. The average Bonchev–Trinajstić information content (AvgIpc) is 2.89. The lowest BCUT2D eigenvalue weighted by Crippen LogP contribution is -2.13. The van der Waals surface area contributed by atoms with Crippen LogP contribution in [0.3, 0.4) is 0 Å². The van der Waals surface area contributed by atoms with Crippen LogP contribution in [0.5, 0.6) is 5.75 Å². The van der Waals surface area contributed by atoms with Gasteiger partial charge in [0.25, 0.3) is 0 Å². The minimum Gasteiger partial charge on any atom is -0.434 e. The van der Waals surface area contributed by atoms with E-state index in [1.807, 2.05) is 0 Å². The van der Waals surface area contributed by atoms with Crippen molar-refractivity contribution in [1.82, 2.24) is 0 Å². The van der Waals surface area contributed by atoms with Gasteiger partial charge in [0.15, 0.2) is 0 Å². The summed E-state index contributed by atoms with van der Waals surface area (Å²) >= 11 is 0. The first-order valence-corrected chi connectivity index (χ1v) is 5.26. The van der Waals surface area contributed by atoms with Crippen LogP contribution in [0, 0.1) is 6.92 Å². The van der Waals surface area contributed by atoms with Crippen LogP contribution in [0.4, 0.5) is 8.78 Å². The van der Waals surface area contributed by atoms with Crippen molar-refractivity contribution < 1.29 is 18.6 Å². The fraction of sp³-hybridized carbons (Fsp3) is 0.500. The SMILES string of the molecule is Cc1cccc(CC2(O)CC2)c1OC(F)F. The van der Waals surface area contributed by atoms with E-state index in [4.69, 9.17) is 0 Å². The molecule has 0 radical (unpaired) electrons. The van der Waals surface area contributed by atoms with Crippen molar-refractivity contribution in [2.45, 2.75) is 38.4 Å². The number of para-hydroxylation sites is 1. The summed E-state index contributed by atoms with van der Waals surface area (Å²) in [6, 6.07) is 5.23. The molecule has 0 spiro atoms. The Morgan fingerprint density at radius 3 is 2.69 bits per heavy atom. The van der Waals surface area contributed by atoms with Crippen molar-refractivity contribution in [2.24, 2.45) is 0 Å². The highest BCUT2D eigenvalue weighted by atomic mass is 19.3. The summed E-state index contributed by atoms with van der Waals surface area (Å²) in [5.74, 6) is 0.206. The number of hydrogen-bond donors (Lipinski definition) is 1. The lowest BCUT2D eigenvalue weighted by molar-refractivity contribution is -0.0512. The number of rotatable bonds is 4. The summed E-state index contributed by atoms with van der Waals surface area (Å²) in [6.07, 6.45) is 1.85. The minimum atomic E-state index is -2.83. The van der Waals surface area contributed by atoms with E-state index in [1.165, 1.54) is 0 Å². The monoisotopic (exact) mass is 228 g/mol. The molecule has 0 heterocycles.